The van der Waals surface area contributed by atoms with Crippen LogP contribution in [0.2, 0.25) is 0 Å². The van der Waals surface area contributed by atoms with E-state index in [-0.39, 0.29) is 0 Å². The molecule has 0 saturated heterocycles. The fourth-order valence-corrected chi connectivity index (χ4v) is 26.0. The Labute approximate surface area is 777 Å². The molecule has 0 spiro atoms. The maximum absolute atomic E-state index is 6.58. The topological polar surface area (TPSA) is 25.8 Å². The molecule has 21 aromatic carbocycles. The zero-order valence-corrected chi connectivity index (χ0v) is 73.5. The van der Waals surface area contributed by atoms with Crippen molar-refractivity contribution in [3.63, 3.8) is 0 Å². The van der Waals surface area contributed by atoms with E-state index in [0.29, 0.717) is 0 Å². The molecule has 2 heterocycles. The van der Waals surface area contributed by atoms with Gasteiger partial charge >= 0.3 is 0 Å². The number of hydrogen-bond donors (Lipinski definition) is 0. The van der Waals surface area contributed by atoms with Crippen LogP contribution in [0, 0.1) is 0 Å². The molecule has 27 rings (SSSR count). The highest BCUT2D eigenvalue weighted by Gasteiger charge is 2.52. The normalized spacial score (nSPS) is 14.0. The van der Waals surface area contributed by atoms with E-state index >= 15 is 0 Å². The molecule has 0 atom stereocenters. The van der Waals surface area contributed by atoms with Crippen LogP contribution in [0.1, 0.15) is 89.0 Å². The quantitative estimate of drug-likeness (QED) is 0.101. The summed E-state index contributed by atoms with van der Waals surface area (Å²) in [5.41, 5.74) is 41.7. The number of benzene rings is 21. The van der Waals surface area contributed by atoms with E-state index in [2.05, 4.69) is 497 Å². The molecule has 0 N–H and O–H groups in total. The maximum Gasteiger partial charge on any atom is 0.109 e. The Hall–Kier alpha value is -16.6. The zero-order chi connectivity index (χ0) is 87.5. The molecule has 23 aromatic rings. The first-order chi connectivity index (χ1) is 66.0. The third-order valence-corrected chi connectivity index (χ3v) is 31.1. The third-order valence-electron chi connectivity index (χ3n) is 29.8. The fourth-order valence-electron chi connectivity index (χ4n) is 24.7. The molecule has 4 aliphatic rings. The molecular formula is C130H82N2S. The molecule has 0 unspecified atom stereocenters. The molecule has 0 radical (unpaired) electrons. The van der Waals surface area contributed by atoms with Crippen LogP contribution in [-0.4, -0.2) is 9.97 Å². The highest BCUT2D eigenvalue weighted by Crippen LogP contribution is 2.66. The van der Waals surface area contributed by atoms with Gasteiger partial charge in [-0.1, -0.05) is 485 Å². The van der Waals surface area contributed by atoms with Gasteiger partial charge in [-0.2, -0.15) is 0 Å². The molecule has 0 amide bonds. The number of thiophene rings is 1. The lowest BCUT2D eigenvalue weighted by atomic mass is 9.67. The van der Waals surface area contributed by atoms with Crippen molar-refractivity contribution in [3.8, 4) is 110 Å². The molecule has 0 fully saturated rings. The maximum atomic E-state index is 6.58. The average Bonchev–Trinajstić information content (AvgIpc) is 1.53. The Morgan fingerprint density at radius 3 is 0.609 bits per heavy atom. The highest BCUT2D eigenvalue weighted by molar-refractivity contribution is 7.21. The van der Waals surface area contributed by atoms with E-state index in [4.69, 9.17) is 9.97 Å². The van der Waals surface area contributed by atoms with Gasteiger partial charge in [0.2, 0.25) is 0 Å². The molecule has 0 aliphatic heterocycles. The van der Waals surface area contributed by atoms with Crippen LogP contribution in [0.3, 0.4) is 0 Å². The van der Waals surface area contributed by atoms with Gasteiger partial charge in [-0.15, -0.1) is 11.3 Å². The summed E-state index contributed by atoms with van der Waals surface area (Å²) in [7, 11) is 0. The second-order valence-corrected chi connectivity index (χ2v) is 37.0. The van der Waals surface area contributed by atoms with Crippen molar-refractivity contribution in [1.82, 2.24) is 9.97 Å². The predicted molar refractivity (Wildman–Crippen MR) is 552 cm³/mol. The standard InChI is InChI=1S/C130H82N2S/c1-9-41-85(42-10-1)127(86-43-11-2-12-44-86)109-69-33-29-61-101(109)117-99(65-37-73-113(117)127)95-59-27-25-57-93(95)83-77-79-97-98-80-78-84(94-58-26-28-60-96(94)100-66-38-74-114-118(100)102-62-30-34-70-110(102)128(114,87-45-13-3-14-46-87)88-47-15-4-16-48-88)82-108(98)122-121(107(97)81-83)131-123-124(132-122)126(106-68-40-76-116-120(106)104-64-32-36-72-112(104)130(116,91-53-21-7-22-54-91)92-55-23-8-24-56-92)133-125(123)105-67-39-75-115-119(105)103-63-31-35-71-111(103)129(115,89-49-17-5-18-50-89)90-51-19-6-20-52-90/h1-82H. The van der Waals surface area contributed by atoms with Crippen LogP contribution in [0.4, 0.5) is 0 Å². The van der Waals surface area contributed by atoms with E-state index in [9.17, 15) is 0 Å². The lowest BCUT2D eigenvalue weighted by Crippen LogP contribution is -2.28. The number of aromatic nitrogens is 2. The molecule has 0 saturated carbocycles. The largest absolute Gasteiger partial charge is 0.242 e. The average molecular weight is 1700 g/mol. The summed E-state index contributed by atoms with van der Waals surface area (Å²) < 4.78 is 0. The van der Waals surface area contributed by atoms with Crippen molar-refractivity contribution in [2.75, 3.05) is 0 Å². The van der Waals surface area contributed by atoms with Crippen LogP contribution in [-0.2, 0) is 21.7 Å². The number of fused-ring (bicyclic) bond motifs is 19. The molecule has 2 nitrogen and oxygen atoms in total. The van der Waals surface area contributed by atoms with E-state index in [0.717, 1.165) is 97.9 Å². The van der Waals surface area contributed by atoms with Crippen LogP contribution >= 0.6 is 11.3 Å². The van der Waals surface area contributed by atoms with Crippen LogP contribution in [0.25, 0.3) is 154 Å². The first-order valence-electron chi connectivity index (χ1n) is 46.3. The van der Waals surface area contributed by atoms with Crippen molar-refractivity contribution < 1.29 is 0 Å². The van der Waals surface area contributed by atoms with Gasteiger partial charge < -0.3 is 0 Å². The van der Waals surface area contributed by atoms with Gasteiger partial charge in [0.25, 0.3) is 0 Å². The molecule has 2 aromatic heterocycles. The summed E-state index contributed by atoms with van der Waals surface area (Å²) in [6.45, 7) is 0. The van der Waals surface area contributed by atoms with Crippen LogP contribution in [0.15, 0.2) is 497 Å². The van der Waals surface area contributed by atoms with Gasteiger partial charge in [-0.3, -0.25) is 0 Å². The van der Waals surface area contributed by atoms with Crippen LogP contribution < -0.4 is 0 Å². The van der Waals surface area contributed by atoms with Gasteiger partial charge in [0.15, 0.2) is 0 Å². The molecular weight excluding hydrogens is 1620 g/mol. The van der Waals surface area contributed by atoms with Crippen molar-refractivity contribution in [2.45, 2.75) is 21.7 Å². The summed E-state index contributed by atoms with van der Waals surface area (Å²) in [6.07, 6.45) is 0. The van der Waals surface area contributed by atoms with Gasteiger partial charge in [-0.25, -0.2) is 9.97 Å². The summed E-state index contributed by atoms with van der Waals surface area (Å²) in [5.74, 6) is 0. The van der Waals surface area contributed by atoms with Crippen LogP contribution in [0.5, 0.6) is 0 Å². The SMILES string of the molecule is c1ccc(C2(c3ccccc3)c3ccccc3-c3c(-c4ccccc4-c4ccc5c6ccc(-c7ccccc7-c7cccc8c7-c7ccccc7C8(c7ccccc7)c7ccccc7)cc6c6nc7c(-c8cccc9c8-c8ccccc8C9(c8ccccc8)c8ccccc8)sc(-c8cccc9c8-c8ccccc8C9(c8ccccc8)c8ccccc8)c7nc6c5c4)cccc32)cc1. The first kappa shape index (κ1) is 76.5. The highest BCUT2D eigenvalue weighted by atomic mass is 32.1. The second kappa shape index (κ2) is 30.0. The Morgan fingerprint density at radius 1 is 0.143 bits per heavy atom. The summed E-state index contributed by atoms with van der Waals surface area (Å²) >= 11 is 1.84. The predicted octanol–water partition coefficient (Wildman–Crippen LogP) is 32.6. The third kappa shape index (κ3) is 10.8. The lowest BCUT2D eigenvalue weighted by molar-refractivity contribution is 0.768. The van der Waals surface area contributed by atoms with E-state index < -0.39 is 21.7 Å². The van der Waals surface area contributed by atoms with Crippen molar-refractivity contribution in [1.29, 1.82) is 0 Å². The molecule has 0 bridgehead atoms. The summed E-state index contributed by atoms with van der Waals surface area (Å²) in [6, 6.07) is 187. The number of hydrogen-bond acceptors (Lipinski definition) is 3. The fraction of sp³-hybridized carbons (Fsp3) is 0.0308. The minimum absolute atomic E-state index is 0.587. The van der Waals surface area contributed by atoms with Crippen molar-refractivity contribution in [3.05, 3.63) is 586 Å². The van der Waals surface area contributed by atoms with Gasteiger partial charge in [0.1, 0.15) is 11.0 Å². The number of nitrogens with zero attached hydrogens (tertiary/aromatic N) is 2. The Balaban J connectivity index is 0.752. The van der Waals surface area contributed by atoms with E-state index in [1.165, 1.54) is 145 Å². The molecule has 618 valence electrons. The summed E-state index contributed by atoms with van der Waals surface area (Å²) in [5, 5.41) is 4.23. The summed E-state index contributed by atoms with van der Waals surface area (Å²) in [4.78, 5) is 15.3. The smallest absolute Gasteiger partial charge is 0.109 e. The molecule has 3 heteroatoms. The number of rotatable bonds is 14. The Bertz CT molecular complexity index is 8000. The Kier molecular flexibility index (Phi) is 17.3. The van der Waals surface area contributed by atoms with Crippen molar-refractivity contribution >= 4 is 54.9 Å². The molecule has 4 aliphatic carbocycles. The lowest BCUT2D eigenvalue weighted by Gasteiger charge is -2.34. The second-order valence-electron chi connectivity index (χ2n) is 36.0. The zero-order valence-electron chi connectivity index (χ0n) is 72.6. The van der Waals surface area contributed by atoms with Gasteiger partial charge in [0, 0.05) is 21.9 Å². The van der Waals surface area contributed by atoms with Crippen molar-refractivity contribution in [2.24, 2.45) is 0 Å². The van der Waals surface area contributed by atoms with E-state index in [1.54, 1.807) is 0 Å². The Morgan fingerprint density at radius 2 is 0.346 bits per heavy atom. The molecule has 133 heavy (non-hydrogen) atoms. The van der Waals surface area contributed by atoms with Gasteiger partial charge in [0.05, 0.1) is 42.4 Å². The van der Waals surface area contributed by atoms with Gasteiger partial charge in [-0.05, 0) is 201 Å². The first-order valence-corrected chi connectivity index (χ1v) is 47.1. The minimum atomic E-state index is -0.672. The monoisotopic (exact) mass is 1700 g/mol. The van der Waals surface area contributed by atoms with E-state index in [1.807, 2.05) is 11.3 Å². The minimum Gasteiger partial charge on any atom is -0.242 e.